The predicted octanol–water partition coefficient (Wildman–Crippen LogP) is 3.42. The van der Waals surface area contributed by atoms with Gasteiger partial charge in [0.25, 0.3) is 0 Å². The molecule has 1 N–H and O–H groups in total. The molecule has 0 aromatic heterocycles. The monoisotopic (exact) mass is 304 g/mol. The van der Waals surface area contributed by atoms with Crippen molar-refractivity contribution in [2.75, 3.05) is 0 Å². The summed E-state index contributed by atoms with van der Waals surface area (Å²) >= 11 is 0. The quantitative estimate of drug-likeness (QED) is 0.868. The Kier molecular flexibility index (Phi) is 3.58. The van der Waals surface area contributed by atoms with Crippen LogP contribution in [0.2, 0.25) is 0 Å². The zero-order chi connectivity index (χ0) is 15.6. The van der Waals surface area contributed by atoms with Crippen LogP contribution < -0.4 is 5.32 Å². The molecular weight excluding hydrogens is 284 g/mol. The van der Waals surface area contributed by atoms with Gasteiger partial charge in [-0.2, -0.15) is 0 Å². The van der Waals surface area contributed by atoms with Crippen LogP contribution in [0, 0.1) is 5.92 Å². The number of hydrogen-bond donors (Lipinski definition) is 1. The van der Waals surface area contributed by atoms with Gasteiger partial charge in [0.1, 0.15) is 12.2 Å². The van der Waals surface area contributed by atoms with Crippen molar-refractivity contribution >= 4 is 12.2 Å². The standard InChI is InChI=1S/C19H20N4/c1-2-14-12-23(17-11-7-6-10-16(14)17)19-21-13-20-18(22-19)15-8-4-3-5-9-15/h2,4,6-9,11-13,16,19H,1,3,5,10H2,(H,20,21,22)/t16?,19-/m1/s1. The van der Waals surface area contributed by atoms with Gasteiger partial charge in [-0.1, -0.05) is 43.0 Å². The molecule has 0 amide bonds. The lowest BCUT2D eigenvalue weighted by atomic mass is 9.92. The van der Waals surface area contributed by atoms with E-state index in [-0.39, 0.29) is 6.29 Å². The van der Waals surface area contributed by atoms with Gasteiger partial charge in [-0.25, -0.2) is 9.98 Å². The van der Waals surface area contributed by atoms with Gasteiger partial charge in [-0.3, -0.25) is 0 Å². The number of rotatable bonds is 3. The molecule has 116 valence electrons. The average Bonchev–Trinajstić information content (AvgIpc) is 3.01. The third-order valence-corrected chi connectivity index (χ3v) is 4.55. The summed E-state index contributed by atoms with van der Waals surface area (Å²) in [5.74, 6) is 1.29. The van der Waals surface area contributed by atoms with Crippen LogP contribution in [-0.4, -0.2) is 23.4 Å². The van der Waals surface area contributed by atoms with Crippen LogP contribution in [-0.2, 0) is 0 Å². The molecule has 2 aliphatic carbocycles. The first-order valence-corrected chi connectivity index (χ1v) is 8.09. The summed E-state index contributed by atoms with van der Waals surface area (Å²) in [5, 5.41) is 3.46. The summed E-state index contributed by atoms with van der Waals surface area (Å²) < 4.78 is 0. The number of amidine groups is 1. The Bertz CT molecular complexity index is 730. The number of fused-ring (bicyclic) bond motifs is 1. The highest BCUT2D eigenvalue weighted by Gasteiger charge is 2.33. The van der Waals surface area contributed by atoms with E-state index >= 15 is 0 Å². The highest BCUT2D eigenvalue weighted by atomic mass is 15.4. The fraction of sp³-hybridized carbons (Fsp3) is 0.263. The number of hydrogen-bond acceptors (Lipinski definition) is 4. The third-order valence-electron chi connectivity index (χ3n) is 4.55. The molecule has 0 bridgehead atoms. The predicted molar refractivity (Wildman–Crippen MR) is 94.8 cm³/mol. The molecular formula is C19H20N4. The molecule has 4 nitrogen and oxygen atoms in total. The van der Waals surface area contributed by atoms with Gasteiger partial charge in [0.15, 0.2) is 0 Å². The summed E-state index contributed by atoms with van der Waals surface area (Å²) in [6, 6.07) is 0. The minimum atomic E-state index is -0.156. The SMILES string of the molecule is C=CC1=CN([C@@H]2N=CN=C(C3=CCCC=C3)N2)C2=CC=CCC12. The second-order valence-electron chi connectivity index (χ2n) is 5.95. The first kappa shape index (κ1) is 14.0. The maximum Gasteiger partial charge on any atom is 0.203 e. The molecule has 4 rings (SSSR count). The highest BCUT2D eigenvalue weighted by Crippen LogP contribution is 2.38. The summed E-state index contributed by atoms with van der Waals surface area (Å²) in [7, 11) is 0. The van der Waals surface area contributed by atoms with E-state index in [1.54, 1.807) is 6.34 Å². The lowest BCUT2D eigenvalue weighted by Crippen LogP contribution is -2.46. The molecule has 2 heterocycles. The fourth-order valence-electron chi connectivity index (χ4n) is 3.36. The summed E-state index contributed by atoms with van der Waals surface area (Å²) in [6.07, 6.45) is 21.8. The second kappa shape index (κ2) is 5.88. The fourth-order valence-corrected chi connectivity index (χ4v) is 3.36. The Morgan fingerprint density at radius 3 is 3.09 bits per heavy atom. The molecule has 0 spiro atoms. The van der Waals surface area contributed by atoms with Crippen LogP contribution >= 0.6 is 0 Å². The van der Waals surface area contributed by atoms with Gasteiger partial charge in [0, 0.05) is 23.4 Å². The second-order valence-corrected chi connectivity index (χ2v) is 5.95. The minimum absolute atomic E-state index is 0.156. The molecule has 4 aliphatic rings. The zero-order valence-electron chi connectivity index (χ0n) is 13.0. The van der Waals surface area contributed by atoms with Crippen molar-refractivity contribution < 1.29 is 0 Å². The maximum absolute atomic E-state index is 4.52. The Balaban J connectivity index is 1.59. The van der Waals surface area contributed by atoms with Crippen LogP contribution in [0.25, 0.3) is 0 Å². The van der Waals surface area contributed by atoms with E-state index in [9.17, 15) is 0 Å². The van der Waals surface area contributed by atoms with E-state index in [1.807, 2.05) is 6.08 Å². The highest BCUT2D eigenvalue weighted by molar-refractivity contribution is 6.05. The normalized spacial score (nSPS) is 28.4. The number of aliphatic imine (C=N–C) groups is 2. The van der Waals surface area contributed by atoms with E-state index in [4.69, 9.17) is 0 Å². The first-order chi connectivity index (χ1) is 11.4. The van der Waals surface area contributed by atoms with E-state index in [0.717, 1.165) is 30.7 Å². The molecule has 0 saturated heterocycles. The van der Waals surface area contributed by atoms with Crippen LogP contribution in [0.4, 0.5) is 0 Å². The summed E-state index contributed by atoms with van der Waals surface area (Å²) in [6.45, 7) is 3.95. The van der Waals surface area contributed by atoms with Crippen molar-refractivity contribution in [3.8, 4) is 0 Å². The van der Waals surface area contributed by atoms with Gasteiger partial charge in [0.2, 0.25) is 6.29 Å². The number of allylic oxidation sites excluding steroid dienone is 7. The Morgan fingerprint density at radius 1 is 1.30 bits per heavy atom. The third kappa shape index (κ3) is 2.50. The smallest absolute Gasteiger partial charge is 0.203 e. The van der Waals surface area contributed by atoms with E-state index < -0.39 is 0 Å². The Hall–Kier alpha value is -2.62. The summed E-state index contributed by atoms with van der Waals surface area (Å²) in [4.78, 5) is 11.1. The van der Waals surface area contributed by atoms with Crippen molar-refractivity contribution in [2.45, 2.75) is 25.6 Å². The molecule has 4 heteroatoms. The van der Waals surface area contributed by atoms with Crippen molar-refractivity contribution in [3.05, 3.63) is 72.2 Å². The largest absolute Gasteiger partial charge is 0.331 e. The molecule has 0 radical (unpaired) electrons. The lowest BCUT2D eigenvalue weighted by molar-refractivity contribution is 0.321. The van der Waals surface area contributed by atoms with Gasteiger partial charge in [-0.15, -0.1) is 0 Å². The van der Waals surface area contributed by atoms with Crippen LogP contribution in [0.5, 0.6) is 0 Å². The number of nitrogens with one attached hydrogen (secondary N) is 1. The Labute approximate surface area is 136 Å². The van der Waals surface area contributed by atoms with Crippen molar-refractivity contribution in [1.29, 1.82) is 0 Å². The van der Waals surface area contributed by atoms with Crippen molar-refractivity contribution in [1.82, 2.24) is 10.2 Å². The van der Waals surface area contributed by atoms with Crippen LogP contribution in [0.15, 0.2) is 82.1 Å². The molecule has 0 aromatic carbocycles. The van der Waals surface area contributed by atoms with E-state index in [2.05, 4.69) is 69.4 Å². The van der Waals surface area contributed by atoms with Gasteiger partial charge in [0.05, 0.1) is 0 Å². The van der Waals surface area contributed by atoms with Crippen LogP contribution in [0.3, 0.4) is 0 Å². The van der Waals surface area contributed by atoms with E-state index in [0.29, 0.717) is 5.92 Å². The van der Waals surface area contributed by atoms with E-state index in [1.165, 1.54) is 11.3 Å². The van der Waals surface area contributed by atoms with Gasteiger partial charge in [-0.05, 0) is 30.9 Å². The van der Waals surface area contributed by atoms with Gasteiger partial charge < -0.3 is 10.2 Å². The van der Waals surface area contributed by atoms with Crippen molar-refractivity contribution in [3.63, 3.8) is 0 Å². The molecule has 2 atom stereocenters. The molecule has 2 aliphatic heterocycles. The molecule has 0 aromatic rings. The minimum Gasteiger partial charge on any atom is -0.331 e. The maximum atomic E-state index is 4.52. The molecule has 0 saturated carbocycles. The lowest BCUT2D eigenvalue weighted by Gasteiger charge is -2.32. The van der Waals surface area contributed by atoms with Crippen LogP contribution in [0.1, 0.15) is 19.3 Å². The Morgan fingerprint density at radius 2 is 2.26 bits per heavy atom. The van der Waals surface area contributed by atoms with Crippen molar-refractivity contribution in [2.24, 2.45) is 15.9 Å². The first-order valence-electron chi connectivity index (χ1n) is 8.09. The topological polar surface area (TPSA) is 40.0 Å². The zero-order valence-corrected chi connectivity index (χ0v) is 13.0. The summed E-state index contributed by atoms with van der Waals surface area (Å²) in [5.41, 5.74) is 3.67. The average molecular weight is 304 g/mol. The number of nitrogens with zero attached hydrogens (tertiary/aromatic N) is 3. The molecule has 1 unspecified atom stereocenters. The molecule has 0 fully saturated rings. The van der Waals surface area contributed by atoms with Gasteiger partial charge >= 0.3 is 0 Å². The molecule has 23 heavy (non-hydrogen) atoms.